The lowest BCUT2D eigenvalue weighted by molar-refractivity contribution is 0.507. The fraction of sp³-hybridized carbons (Fsp3) is 0.125. The molecular formula is C48H38N2. The van der Waals surface area contributed by atoms with Crippen LogP contribution < -0.4 is 0 Å². The number of rotatable bonds is 5. The molecule has 1 aliphatic carbocycles. The highest BCUT2D eigenvalue weighted by atomic mass is 15.0. The lowest BCUT2D eigenvalue weighted by Gasteiger charge is -2.23. The summed E-state index contributed by atoms with van der Waals surface area (Å²) in [5.74, 6) is 0.124. The second-order valence-electron chi connectivity index (χ2n) is 14.6. The molecule has 2 aromatic heterocycles. The maximum Gasteiger partial charge on any atom is 0.0541 e. The van der Waals surface area contributed by atoms with Crippen LogP contribution >= 0.6 is 0 Å². The lowest BCUT2D eigenvalue weighted by Crippen LogP contribution is -2.15. The summed E-state index contributed by atoms with van der Waals surface area (Å²) in [6, 6.07) is 59.0. The first kappa shape index (κ1) is 29.1. The Hall–Kier alpha value is -5.86. The monoisotopic (exact) mass is 642 g/mol. The van der Waals surface area contributed by atoms with Crippen LogP contribution in [-0.2, 0) is 5.41 Å². The van der Waals surface area contributed by atoms with Crippen LogP contribution in [0.3, 0.4) is 0 Å². The number of fused-ring (bicyclic) bond motifs is 9. The van der Waals surface area contributed by atoms with Gasteiger partial charge in [0.25, 0.3) is 0 Å². The molecule has 0 unspecified atom stereocenters. The molecular weight excluding hydrogens is 605 g/mol. The molecule has 9 aromatic rings. The van der Waals surface area contributed by atoms with E-state index in [1.54, 1.807) is 0 Å². The molecule has 0 saturated carbocycles. The largest absolute Gasteiger partial charge is 0.309 e. The highest BCUT2D eigenvalue weighted by molar-refractivity contribution is 6.10. The van der Waals surface area contributed by atoms with Crippen molar-refractivity contribution in [2.24, 2.45) is 0 Å². The minimum absolute atomic E-state index is 0.101. The zero-order valence-corrected chi connectivity index (χ0v) is 28.7. The summed E-state index contributed by atoms with van der Waals surface area (Å²) in [5, 5.41) is 5.14. The summed E-state index contributed by atoms with van der Waals surface area (Å²) in [4.78, 5) is 0. The van der Waals surface area contributed by atoms with E-state index in [1.165, 1.54) is 88.4 Å². The Morgan fingerprint density at radius 3 is 1.42 bits per heavy atom. The Morgan fingerprint density at radius 2 is 0.900 bits per heavy atom. The molecule has 2 heterocycles. The van der Waals surface area contributed by atoms with E-state index in [0.717, 1.165) is 6.42 Å². The molecule has 2 nitrogen and oxygen atoms in total. The van der Waals surface area contributed by atoms with Crippen LogP contribution in [0.15, 0.2) is 158 Å². The summed E-state index contributed by atoms with van der Waals surface area (Å²) >= 11 is 0. The molecule has 240 valence electrons. The highest BCUT2D eigenvalue weighted by Crippen LogP contribution is 2.49. The second kappa shape index (κ2) is 10.8. The van der Waals surface area contributed by atoms with Crippen LogP contribution in [0.2, 0.25) is 0 Å². The third kappa shape index (κ3) is 4.15. The average molecular weight is 643 g/mol. The Morgan fingerprint density at radius 1 is 0.460 bits per heavy atom. The number of hydrogen-bond acceptors (Lipinski definition) is 0. The molecule has 0 spiro atoms. The molecule has 0 bridgehead atoms. The number of nitrogens with zero attached hydrogens (tertiary/aromatic N) is 2. The molecule has 7 aromatic carbocycles. The van der Waals surface area contributed by atoms with Crippen molar-refractivity contribution in [3.63, 3.8) is 0 Å². The number of aromatic nitrogens is 2. The van der Waals surface area contributed by atoms with Crippen LogP contribution in [0, 0.1) is 0 Å². The van der Waals surface area contributed by atoms with E-state index in [9.17, 15) is 0 Å². The minimum atomic E-state index is 0.101. The number of para-hydroxylation sites is 3. The first-order valence-electron chi connectivity index (χ1n) is 17.9. The first-order chi connectivity index (χ1) is 24.5. The molecule has 0 aliphatic heterocycles. The molecule has 50 heavy (non-hydrogen) atoms. The summed E-state index contributed by atoms with van der Waals surface area (Å²) in [7, 11) is 0. The van der Waals surface area contributed by atoms with Crippen LogP contribution in [-0.4, -0.2) is 9.13 Å². The van der Waals surface area contributed by atoms with Gasteiger partial charge in [0, 0.05) is 38.8 Å². The summed E-state index contributed by atoms with van der Waals surface area (Å²) in [6.45, 7) is 6.99. The van der Waals surface area contributed by atoms with Gasteiger partial charge in [-0.2, -0.15) is 0 Å². The minimum Gasteiger partial charge on any atom is -0.309 e. The van der Waals surface area contributed by atoms with Crippen LogP contribution in [0.4, 0.5) is 0 Å². The van der Waals surface area contributed by atoms with Crippen molar-refractivity contribution >= 4 is 43.6 Å². The van der Waals surface area contributed by atoms with E-state index < -0.39 is 0 Å². The van der Waals surface area contributed by atoms with Gasteiger partial charge in [-0.1, -0.05) is 130 Å². The Bertz CT molecular complexity index is 2690. The molecule has 0 fully saturated rings. The van der Waals surface area contributed by atoms with Crippen molar-refractivity contribution in [2.75, 3.05) is 0 Å². The van der Waals surface area contributed by atoms with Gasteiger partial charge in [-0.15, -0.1) is 0 Å². The Labute approximate surface area is 292 Å². The van der Waals surface area contributed by atoms with Crippen molar-refractivity contribution in [2.45, 2.75) is 38.5 Å². The van der Waals surface area contributed by atoms with Gasteiger partial charge in [0.15, 0.2) is 0 Å². The second-order valence-corrected chi connectivity index (χ2v) is 14.6. The molecule has 0 saturated heterocycles. The van der Waals surface area contributed by atoms with Gasteiger partial charge in [-0.3, -0.25) is 0 Å². The molecule has 1 aliphatic rings. The zero-order valence-electron chi connectivity index (χ0n) is 28.7. The van der Waals surface area contributed by atoms with Gasteiger partial charge >= 0.3 is 0 Å². The number of benzene rings is 7. The van der Waals surface area contributed by atoms with E-state index in [2.05, 4.69) is 188 Å². The van der Waals surface area contributed by atoms with E-state index in [0.29, 0.717) is 0 Å². The summed E-state index contributed by atoms with van der Waals surface area (Å²) in [6.07, 6.45) is 1.09. The molecule has 0 N–H and O–H groups in total. The quantitative estimate of drug-likeness (QED) is 0.177. The van der Waals surface area contributed by atoms with Gasteiger partial charge in [0.05, 0.1) is 22.1 Å². The fourth-order valence-corrected chi connectivity index (χ4v) is 8.63. The summed E-state index contributed by atoms with van der Waals surface area (Å²) in [5.41, 5.74) is 15.4. The van der Waals surface area contributed by atoms with Crippen molar-refractivity contribution < 1.29 is 0 Å². The molecule has 2 heteroatoms. The Balaban J connectivity index is 1.32. The molecule has 0 atom stereocenters. The molecule has 0 radical (unpaired) electrons. The molecule has 0 amide bonds. The lowest BCUT2D eigenvalue weighted by atomic mass is 9.82. The zero-order chi connectivity index (χ0) is 33.6. The van der Waals surface area contributed by atoms with E-state index in [4.69, 9.17) is 0 Å². The number of hydrogen-bond donors (Lipinski definition) is 0. The average Bonchev–Trinajstić information content (AvgIpc) is 3.80. The van der Waals surface area contributed by atoms with Crippen molar-refractivity contribution in [3.05, 3.63) is 180 Å². The fourth-order valence-electron chi connectivity index (χ4n) is 8.63. The van der Waals surface area contributed by atoms with Crippen LogP contribution in [0.25, 0.3) is 66.1 Å². The van der Waals surface area contributed by atoms with Crippen LogP contribution in [0.5, 0.6) is 0 Å². The van der Waals surface area contributed by atoms with E-state index >= 15 is 0 Å². The third-order valence-corrected chi connectivity index (χ3v) is 11.5. The van der Waals surface area contributed by atoms with Gasteiger partial charge in [0.1, 0.15) is 0 Å². The highest BCUT2D eigenvalue weighted by Gasteiger charge is 2.31. The van der Waals surface area contributed by atoms with Gasteiger partial charge in [-0.05, 0) is 93.7 Å². The van der Waals surface area contributed by atoms with Gasteiger partial charge < -0.3 is 9.13 Å². The van der Waals surface area contributed by atoms with Gasteiger partial charge in [0.2, 0.25) is 0 Å². The first-order valence-corrected chi connectivity index (χ1v) is 17.9. The predicted octanol–water partition coefficient (Wildman–Crippen LogP) is 12.7. The maximum absolute atomic E-state index is 2.50. The maximum atomic E-state index is 2.50. The Kier molecular flexibility index (Phi) is 6.30. The smallest absolute Gasteiger partial charge is 0.0541 e. The van der Waals surface area contributed by atoms with Crippen molar-refractivity contribution in [1.82, 2.24) is 9.13 Å². The summed E-state index contributed by atoms with van der Waals surface area (Å²) < 4.78 is 4.97. The van der Waals surface area contributed by atoms with Crippen molar-refractivity contribution in [3.8, 4) is 22.5 Å². The SMILES string of the molecule is CCC(C)(C)c1ccc2c(c1)c1ccccc1n2-c1cc(C2c3ccccc3-c3ccccc32)cc(-n2c3ccccc3c3ccccc32)c1. The van der Waals surface area contributed by atoms with E-state index in [-0.39, 0.29) is 11.3 Å². The van der Waals surface area contributed by atoms with E-state index in [1.807, 2.05) is 0 Å². The standard InChI is InChI=1S/C48H38N2/c1-4-48(2,3)32-25-26-46-42(29-32)39-19-11-14-24-45(39)50(46)34-28-31(47-40-20-7-5-15-35(40)36-16-6-8-21-41(36)47)27-33(30-34)49-43-22-12-9-17-37(43)38-18-10-13-23-44(38)49/h5-30,47H,4H2,1-3H3. The molecule has 10 rings (SSSR count). The van der Waals surface area contributed by atoms with Crippen molar-refractivity contribution in [1.29, 1.82) is 0 Å². The van der Waals surface area contributed by atoms with Crippen LogP contribution in [0.1, 0.15) is 55.4 Å². The topological polar surface area (TPSA) is 9.86 Å². The third-order valence-electron chi connectivity index (χ3n) is 11.5. The van der Waals surface area contributed by atoms with Gasteiger partial charge in [-0.25, -0.2) is 0 Å². The normalized spacial score (nSPS) is 13.1. The predicted molar refractivity (Wildman–Crippen MR) is 211 cm³/mol.